The Morgan fingerprint density at radius 1 is 0.375 bits per heavy atom. The molecule has 0 aliphatic rings. The van der Waals surface area contributed by atoms with Gasteiger partial charge in [0.05, 0.1) is 0 Å². The molecule has 0 rings (SSSR count). The monoisotopic (exact) mass is 667 g/mol. The molecular formula is C42H74N4O2. The SMILES string of the molecule is CCC=CCC=CCC=CCCCCCCCC(=O)NCCNCCNCCNC(=O)CCCCCCCC=CCC=CCC=CCC. The molecule has 2 amide bonds. The summed E-state index contributed by atoms with van der Waals surface area (Å²) in [7, 11) is 0. The maximum Gasteiger partial charge on any atom is 0.220 e. The normalized spacial score (nSPS) is 12.3. The summed E-state index contributed by atoms with van der Waals surface area (Å²) in [5, 5.41) is 12.7. The van der Waals surface area contributed by atoms with Gasteiger partial charge >= 0.3 is 0 Å². The van der Waals surface area contributed by atoms with Crippen molar-refractivity contribution in [2.24, 2.45) is 0 Å². The quantitative estimate of drug-likeness (QED) is 0.0401. The maximum atomic E-state index is 12.0. The van der Waals surface area contributed by atoms with E-state index in [1.54, 1.807) is 0 Å². The minimum absolute atomic E-state index is 0.158. The molecule has 0 aliphatic heterocycles. The zero-order chi connectivity index (χ0) is 34.9. The molecule has 0 unspecified atom stereocenters. The van der Waals surface area contributed by atoms with Crippen LogP contribution in [-0.4, -0.2) is 51.1 Å². The van der Waals surface area contributed by atoms with Gasteiger partial charge in [-0.25, -0.2) is 0 Å². The molecule has 0 aliphatic carbocycles. The van der Waals surface area contributed by atoms with E-state index in [2.05, 4.69) is 108 Å². The van der Waals surface area contributed by atoms with Crippen LogP contribution in [0.3, 0.4) is 0 Å². The number of amides is 2. The average molecular weight is 667 g/mol. The van der Waals surface area contributed by atoms with Crippen molar-refractivity contribution < 1.29 is 9.59 Å². The first kappa shape index (κ1) is 45.3. The topological polar surface area (TPSA) is 82.3 Å². The Labute approximate surface area is 296 Å². The van der Waals surface area contributed by atoms with Crippen molar-refractivity contribution in [3.8, 4) is 0 Å². The summed E-state index contributed by atoms with van der Waals surface area (Å²) in [5.74, 6) is 0.315. The van der Waals surface area contributed by atoms with Crippen LogP contribution in [0.5, 0.6) is 0 Å². The van der Waals surface area contributed by atoms with Crippen LogP contribution in [0.2, 0.25) is 0 Å². The summed E-state index contributed by atoms with van der Waals surface area (Å²) in [5.41, 5.74) is 0. The average Bonchev–Trinajstić information content (AvgIpc) is 3.09. The van der Waals surface area contributed by atoms with Gasteiger partial charge in [-0.2, -0.15) is 0 Å². The van der Waals surface area contributed by atoms with Crippen LogP contribution in [0.15, 0.2) is 72.9 Å². The van der Waals surface area contributed by atoms with Crippen molar-refractivity contribution in [2.75, 3.05) is 39.3 Å². The Kier molecular flexibility index (Phi) is 38.2. The predicted octanol–water partition coefficient (Wildman–Crippen LogP) is 9.58. The summed E-state index contributed by atoms with van der Waals surface area (Å²) < 4.78 is 0. The Hall–Kier alpha value is -2.70. The van der Waals surface area contributed by atoms with E-state index in [0.29, 0.717) is 25.9 Å². The standard InChI is InChI=1S/C42H74N4O2/c1-3-5-7-9-11-13-15-17-19-21-23-25-27-29-31-33-41(47)45-39-37-43-35-36-44-38-40-46-42(48)34-32-30-28-26-24-22-20-18-16-14-12-10-8-6-4-2/h5-8,11-14,17-20,43-44H,3-4,9-10,15-16,21-40H2,1-2H3,(H,45,47)(H,46,48). The first-order valence-electron chi connectivity index (χ1n) is 19.5. The van der Waals surface area contributed by atoms with Gasteiger partial charge in [-0.3, -0.25) is 9.59 Å². The lowest BCUT2D eigenvalue weighted by molar-refractivity contribution is -0.122. The summed E-state index contributed by atoms with van der Waals surface area (Å²) in [6, 6.07) is 0. The first-order chi connectivity index (χ1) is 23.7. The van der Waals surface area contributed by atoms with Crippen LogP contribution >= 0.6 is 0 Å². The fourth-order valence-corrected chi connectivity index (χ4v) is 4.99. The highest BCUT2D eigenvalue weighted by molar-refractivity contribution is 5.76. The zero-order valence-corrected chi connectivity index (χ0v) is 31.1. The lowest BCUT2D eigenvalue weighted by atomic mass is 10.1. The zero-order valence-electron chi connectivity index (χ0n) is 31.1. The molecule has 6 heteroatoms. The van der Waals surface area contributed by atoms with E-state index >= 15 is 0 Å². The second-order valence-corrected chi connectivity index (χ2v) is 12.4. The van der Waals surface area contributed by atoms with E-state index < -0.39 is 0 Å². The lowest BCUT2D eigenvalue weighted by Crippen LogP contribution is -2.37. The summed E-state index contributed by atoms with van der Waals surface area (Å²) in [6.07, 6.45) is 48.4. The van der Waals surface area contributed by atoms with Gasteiger partial charge in [-0.05, 0) is 77.0 Å². The highest BCUT2D eigenvalue weighted by Crippen LogP contribution is 2.09. The smallest absolute Gasteiger partial charge is 0.220 e. The van der Waals surface area contributed by atoms with Crippen LogP contribution in [-0.2, 0) is 9.59 Å². The highest BCUT2D eigenvalue weighted by Gasteiger charge is 2.01. The third-order valence-corrected chi connectivity index (χ3v) is 7.84. The number of unbranched alkanes of at least 4 members (excludes halogenated alkanes) is 10. The van der Waals surface area contributed by atoms with Crippen molar-refractivity contribution in [3.05, 3.63) is 72.9 Å². The molecule has 0 spiro atoms. The fraction of sp³-hybridized carbons (Fsp3) is 0.667. The van der Waals surface area contributed by atoms with Crippen LogP contribution in [0.4, 0.5) is 0 Å². The second kappa shape index (κ2) is 40.5. The Morgan fingerprint density at radius 2 is 0.688 bits per heavy atom. The van der Waals surface area contributed by atoms with Gasteiger partial charge in [0.2, 0.25) is 11.8 Å². The largest absolute Gasteiger partial charge is 0.355 e. The lowest BCUT2D eigenvalue weighted by Gasteiger charge is -2.09. The van der Waals surface area contributed by atoms with Gasteiger partial charge in [-0.1, -0.05) is 125 Å². The number of hydrogen-bond acceptors (Lipinski definition) is 4. The van der Waals surface area contributed by atoms with Crippen molar-refractivity contribution in [1.29, 1.82) is 0 Å². The van der Waals surface area contributed by atoms with Crippen LogP contribution in [0.1, 0.15) is 142 Å². The molecule has 6 nitrogen and oxygen atoms in total. The summed E-state index contributed by atoms with van der Waals surface area (Å²) >= 11 is 0. The maximum absolute atomic E-state index is 12.0. The molecule has 0 fully saturated rings. The number of carbonyl (C=O) groups is 2. The van der Waals surface area contributed by atoms with E-state index in [0.717, 1.165) is 103 Å². The number of rotatable bonds is 35. The van der Waals surface area contributed by atoms with Crippen LogP contribution in [0.25, 0.3) is 0 Å². The molecule has 4 N–H and O–H groups in total. The van der Waals surface area contributed by atoms with Crippen molar-refractivity contribution in [3.63, 3.8) is 0 Å². The molecule has 0 aromatic heterocycles. The Bertz CT molecular complexity index is 816. The van der Waals surface area contributed by atoms with Crippen molar-refractivity contribution >= 4 is 11.8 Å². The van der Waals surface area contributed by atoms with E-state index in [4.69, 9.17) is 0 Å². The molecule has 0 saturated carbocycles. The van der Waals surface area contributed by atoms with Gasteiger partial charge in [0.1, 0.15) is 0 Å². The minimum atomic E-state index is 0.158. The highest BCUT2D eigenvalue weighted by atomic mass is 16.2. The van der Waals surface area contributed by atoms with Gasteiger partial charge in [-0.15, -0.1) is 0 Å². The van der Waals surface area contributed by atoms with Crippen LogP contribution < -0.4 is 21.3 Å². The van der Waals surface area contributed by atoms with E-state index in [-0.39, 0.29) is 11.8 Å². The molecule has 0 bridgehead atoms. The Balaban J connectivity index is 3.35. The van der Waals surface area contributed by atoms with Crippen molar-refractivity contribution in [1.82, 2.24) is 21.3 Å². The number of carbonyl (C=O) groups excluding carboxylic acids is 2. The third kappa shape index (κ3) is 39.5. The molecular weight excluding hydrogens is 592 g/mol. The molecule has 0 heterocycles. The number of hydrogen-bond donors (Lipinski definition) is 4. The third-order valence-electron chi connectivity index (χ3n) is 7.84. The molecule has 0 aromatic rings. The Morgan fingerprint density at radius 3 is 1.08 bits per heavy atom. The second-order valence-electron chi connectivity index (χ2n) is 12.4. The fourth-order valence-electron chi connectivity index (χ4n) is 4.99. The minimum Gasteiger partial charge on any atom is -0.355 e. The molecule has 0 saturated heterocycles. The van der Waals surface area contributed by atoms with Gasteiger partial charge in [0.15, 0.2) is 0 Å². The van der Waals surface area contributed by atoms with E-state index in [9.17, 15) is 9.59 Å². The van der Waals surface area contributed by atoms with Crippen LogP contribution in [0, 0.1) is 0 Å². The first-order valence-corrected chi connectivity index (χ1v) is 19.5. The van der Waals surface area contributed by atoms with E-state index in [1.807, 2.05) is 0 Å². The number of nitrogens with one attached hydrogen (secondary N) is 4. The van der Waals surface area contributed by atoms with Crippen molar-refractivity contribution in [2.45, 2.75) is 142 Å². The molecule has 0 radical (unpaired) electrons. The molecule has 0 aromatic carbocycles. The molecule has 0 atom stereocenters. The number of allylic oxidation sites excluding steroid dienone is 12. The summed E-state index contributed by atoms with van der Waals surface area (Å²) in [6.45, 7) is 8.88. The molecule has 274 valence electrons. The predicted molar refractivity (Wildman–Crippen MR) is 210 cm³/mol. The molecule has 48 heavy (non-hydrogen) atoms. The van der Waals surface area contributed by atoms with Gasteiger partial charge in [0.25, 0.3) is 0 Å². The van der Waals surface area contributed by atoms with Gasteiger partial charge < -0.3 is 21.3 Å². The summed E-state index contributed by atoms with van der Waals surface area (Å²) in [4.78, 5) is 24.1. The van der Waals surface area contributed by atoms with Gasteiger partial charge in [0, 0.05) is 52.1 Å². The van der Waals surface area contributed by atoms with E-state index in [1.165, 1.54) is 38.5 Å².